The Bertz CT molecular complexity index is 290. The molecule has 0 aliphatic rings. The molecule has 0 radical (unpaired) electrons. The Morgan fingerprint density at radius 3 is 2.21 bits per heavy atom. The van der Waals surface area contributed by atoms with Crippen LogP contribution in [0, 0.1) is 11.3 Å². The van der Waals surface area contributed by atoms with Crippen LogP contribution in [0.1, 0.15) is 53.9 Å². The van der Waals surface area contributed by atoms with Gasteiger partial charge in [-0.05, 0) is 51.2 Å². The number of nitrogens with zero attached hydrogens (tertiary/aromatic N) is 1. The van der Waals surface area contributed by atoms with E-state index < -0.39 is 8.32 Å². The number of nitriles is 1. The van der Waals surface area contributed by atoms with Gasteiger partial charge in [-0.2, -0.15) is 5.26 Å². The molecule has 0 bridgehead atoms. The smallest absolute Gasteiger partial charge is 0.191 e. The van der Waals surface area contributed by atoms with Crippen molar-refractivity contribution >= 4 is 8.32 Å². The minimum Gasteiger partial charge on any atom is -0.417 e. The van der Waals surface area contributed by atoms with Gasteiger partial charge in [0.1, 0.15) is 0 Å². The average molecular weight is 285 g/mol. The van der Waals surface area contributed by atoms with E-state index in [0.29, 0.717) is 6.04 Å². The van der Waals surface area contributed by atoms with Crippen LogP contribution in [-0.4, -0.2) is 27.0 Å². The monoisotopic (exact) mass is 284 g/mol. The Kier molecular flexibility index (Phi) is 7.88. The molecule has 0 rings (SSSR count). The van der Waals surface area contributed by atoms with E-state index in [1.807, 2.05) is 0 Å². The Hall–Kier alpha value is -0.373. The molecule has 3 nitrogen and oxygen atoms in total. The van der Waals surface area contributed by atoms with E-state index in [9.17, 15) is 0 Å². The van der Waals surface area contributed by atoms with Crippen LogP contribution in [0.15, 0.2) is 0 Å². The lowest BCUT2D eigenvalue weighted by Gasteiger charge is -2.36. The van der Waals surface area contributed by atoms with Crippen molar-refractivity contribution in [3.05, 3.63) is 0 Å². The normalized spacial score (nSPS) is 14.5. The first-order chi connectivity index (χ1) is 8.60. The fourth-order valence-corrected chi connectivity index (χ4v) is 2.67. The Morgan fingerprint density at radius 2 is 1.79 bits per heavy atom. The Morgan fingerprint density at radius 1 is 1.21 bits per heavy atom. The molecule has 0 aromatic heterocycles. The second-order valence-electron chi connectivity index (χ2n) is 7.11. The van der Waals surface area contributed by atoms with Crippen LogP contribution < -0.4 is 5.32 Å². The minimum absolute atomic E-state index is 0.0205. The molecule has 0 aromatic carbocycles. The highest BCUT2D eigenvalue weighted by Gasteiger charge is 2.36. The van der Waals surface area contributed by atoms with Gasteiger partial charge in [-0.25, -0.2) is 0 Å². The van der Waals surface area contributed by atoms with Crippen molar-refractivity contribution in [1.29, 1.82) is 5.26 Å². The predicted molar refractivity (Wildman–Crippen MR) is 84.7 cm³/mol. The zero-order chi connectivity index (χ0) is 15.1. The van der Waals surface area contributed by atoms with Gasteiger partial charge in [0.2, 0.25) is 0 Å². The predicted octanol–water partition coefficient (Wildman–Crippen LogP) is 4.07. The summed E-state index contributed by atoms with van der Waals surface area (Å²) in [6, 6.07) is 2.67. The topological polar surface area (TPSA) is 45.0 Å². The minimum atomic E-state index is -1.60. The van der Waals surface area contributed by atoms with E-state index in [-0.39, 0.29) is 11.1 Å². The summed E-state index contributed by atoms with van der Waals surface area (Å²) in [6.07, 6.45) is 3.01. The summed E-state index contributed by atoms with van der Waals surface area (Å²) < 4.78 is 6.13. The summed E-state index contributed by atoms with van der Waals surface area (Å²) >= 11 is 0. The molecule has 0 saturated heterocycles. The molecule has 0 amide bonds. The van der Waals surface area contributed by atoms with E-state index in [2.05, 4.69) is 59.1 Å². The maximum absolute atomic E-state index is 9.03. The van der Waals surface area contributed by atoms with Gasteiger partial charge in [-0.15, -0.1) is 0 Å². The molecule has 0 aliphatic carbocycles. The van der Waals surface area contributed by atoms with Crippen LogP contribution >= 0.6 is 0 Å². The highest BCUT2D eigenvalue weighted by molar-refractivity contribution is 6.74. The summed E-state index contributed by atoms with van der Waals surface area (Å²) in [5.41, 5.74) is 0. The first-order valence-corrected chi connectivity index (χ1v) is 10.3. The van der Waals surface area contributed by atoms with Crippen molar-refractivity contribution in [2.45, 2.75) is 84.1 Å². The van der Waals surface area contributed by atoms with Gasteiger partial charge in [0.25, 0.3) is 0 Å². The summed E-state index contributed by atoms with van der Waals surface area (Å²) in [4.78, 5) is 0. The summed E-state index contributed by atoms with van der Waals surface area (Å²) in [6.45, 7) is 16.3. The molecule has 0 aliphatic heterocycles. The lowest BCUT2D eigenvalue weighted by molar-refractivity contribution is 0.276. The van der Waals surface area contributed by atoms with Crippen molar-refractivity contribution in [2.75, 3.05) is 6.61 Å². The van der Waals surface area contributed by atoms with E-state index in [1.165, 1.54) is 0 Å². The molecule has 19 heavy (non-hydrogen) atoms. The van der Waals surface area contributed by atoms with Crippen molar-refractivity contribution in [1.82, 2.24) is 5.32 Å². The first-order valence-electron chi connectivity index (χ1n) is 7.40. The average Bonchev–Trinajstić information content (AvgIpc) is 2.24. The number of rotatable bonds is 8. The largest absolute Gasteiger partial charge is 0.417 e. The molecule has 1 unspecified atom stereocenters. The van der Waals surface area contributed by atoms with Crippen LogP contribution in [0.3, 0.4) is 0 Å². The number of hydrogen-bond donors (Lipinski definition) is 1. The van der Waals surface area contributed by atoms with Gasteiger partial charge in [0, 0.05) is 12.6 Å². The number of unbranched alkanes of at least 4 members (excludes halogenated alkanes) is 1. The second-order valence-corrected chi connectivity index (χ2v) is 11.9. The number of nitrogens with one attached hydrogen (secondary N) is 1. The maximum Gasteiger partial charge on any atom is 0.191 e. The fourth-order valence-electron chi connectivity index (χ4n) is 1.58. The molecule has 1 atom stereocenters. The lowest BCUT2D eigenvalue weighted by atomic mass is 10.1. The zero-order valence-electron chi connectivity index (χ0n) is 13.8. The molecule has 0 saturated carbocycles. The van der Waals surface area contributed by atoms with Crippen LogP contribution in [0.2, 0.25) is 18.1 Å². The van der Waals surface area contributed by atoms with E-state index in [1.54, 1.807) is 0 Å². The van der Waals surface area contributed by atoms with Crippen LogP contribution in [0.5, 0.6) is 0 Å². The SMILES string of the molecule is CC(C)NC(C#N)CCCCO[Si](C)(C)C(C)(C)C. The van der Waals surface area contributed by atoms with Gasteiger partial charge in [0.05, 0.1) is 12.1 Å². The summed E-state index contributed by atoms with van der Waals surface area (Å²) in [7, 11) is -1.60. The van der Waals surface area contributed by atoms with Crippen molar-refractivity contribution < 1.29 is 4.43 Å². The molecular formula is C15H32N2OSi. The van der Waals surface area contributed by atoms with Crippen molar-refractivity contribution in [3.63, 3.8) is 0 Å². The molecule has 0 spiro atoms. The molecule has 112 valence electrons. The van der Waals surface area contributed by atoms with Crippen LogP contribution in [0.4, 0.5) is 0 Å². The third-order valence-electron chi connectivity index (χ3n) is 3.85. The lowest BCUT2D eigenvalue weighted by Crippen LogP contribution is -2.41. The van der Waals surface area contributed by atoms with E-state index in [4.69, 9.17) is 9.69 Å². The van der Waals surface area contributed by atoms with Crippen molar-refractivity contribution in [3.8, 4) is 6.07 Å². The third-order valence-corrected chi connectivity index (χ3v) is 8.38. The highest BCUT2D eigenvalue weighted by atomic mass is 28.4. The molecule has 1 N–H and O–H groups in total. The van der Waals surface area contributed by atoms with E-state index >= 15 is 0 Å². The summed E-state index contributed by atoms with van der Waals surface area (Å²) in [5, 5.41) is 12.6. The van der Waals surface area contributed by atoms with Gasteiger partial charge in [0.15, 0.2) is 8.32 Å². The maximum atomic E-state index is 9.03. The van der Waals surface area contributed by atoms with E-state index in [0.717, 1.165) is 25.9 Å². The van der Waals surface area contributed by atoms with Gasteiger partial charge < -0.3 is 4.43 Å². The molecule has 0 heterocycles. The quantitative estimate of drug-likeness (QED) is 0.540. The third kappa shape index (κ3) is 7.71. The molecule has 0 aromatic rings. The fraction of sp³-hybridized carbons (Fsp3) is 0.933. The zero-order valence-corrected chi connectivity index (χ0v) is 14.8. The standard InChI is InChI=1S/C15H32N2OSi/c1-13(2)17-14(12-16)10-8-9-11-18-19(6,7)15(3,4)5/h13-14,17H,8-11H2,1-7H3. The van der Waals surface area contributed by atoms with Gasteiger partial charge >= 0.3 is 0 Å². The highest BCUT2D eigenvalue weighted by Crippen LogP contribution is 2.36. The molecular weight excluding hydrogens is 252 g/mol. The Balaban J connectivity index is 3.85. The van der Waals surface area contributed by atoms with Crippen molar-refractivity contribution in [2.24, 2.45) is 0 Å². The Labute approximate surface area is 120 Å². The first kappa shape index (κ1) is 18.6. The summed E-state index contributed by atoms with van der Waals surface area (Å²) in [5.74, 6) is 0. The van der Waals surface area contributed by atoms with Crippen LogP contribution in [-0.2, 0) is 4.43 Å². The van der Waals surface area contributed by atoms with Gasteiger partial charge in [-0.1, -0.05) is 20.8 Å². The molecule has 4 heteroatoms. The van der Waals surface area contributed by atoms with Gasteiger partial charge in [-0.3, -0.25) is 5.32 Å². The number of hydrogen-bond acceptors (Lipinski definition) is 3. The second kappa shape index (κ2) is 8.03. The molecule has 0 fully saturated rings. The van der Waals surface area contributed by atoms with Crippen LogP contribution in [0.25, 0.3) is 0 Å².